The zero-order valence-corrected chi connectivity index (χ0v) is 30.8. The number of ether oxygens (including phenoxy) is 1. The van der Waals surface area contributed by atoms with E-state index in [1.54, 1.807) is 0 Å². The van der Waals surface area contributed by atoms with E-state index in [9.17, 15) is 28.8 Å². The van der Waals surface area contributed by atoms with Crippen molar-refractivity contribution in [2.24, 2.45) is 11.3 Å². The molecule has 3 unspecified atom stereocenters. The molecule has 0 radical (unpaired) electrons. The maximum atomic E-state index is 15.9. The van der Waals surface area contributed by atoms with Gasteiger partial charge >= 0.3 is 59.1 Å². The third kappa shape index (κ3) is 5.82. The van der Waals surface area contributed by atoms with Crippen molar-refractivity contribution in [3.63, 3.8) is 0 Å². The predicted octanol–water partition coefficient (Wildman–Crippen LogP) is -7.96. The molecule has 4 aliphatic rings. The number of fused-ring (bicyclic) bond motifs is 3. The van der Waals surface area contributed by atoms with Crippen LogP contribution in [-0.2, 0) is 32.0 Å². The van der Waals surface area contributed by atoms with Gasteiger partial charge in [0, 0.05) is 5.41 Å². The zero-order valence-electron chi connectivity index (χ0n) is 25.1. The average Bonchev–Trinajstić information content (AvgIpc) is 3.25. The molecule has 48 heavy (non-hydrogen) atoms. The smallest absolute Gasteiger partial charge is 0.756 e. The number of aromatic amines is 1. The van der Waals surface area contributed by atoms with E-state index < -0.39 is 88.6 Å². The number of hydrogen-bond donors (Lipinski definition) is 4. The molecule has 4 aromatic heterocycles. The van der Waals surface area contributed by atoms with E-state index in [1.165, 1.54) is 10.9 Å². The van der Waals surface area contributed by atoms with Gasteiger partial charge in [-0.05, 0) is 12.3 Å². The number of phosphoric acid groups is 2. The summed E-state index contributed by atoms with van der Waals surface area (Å²) < 4.78 is 71.1. The summed E-state index contributed by atoms with van der Waals surface area (Å²) in [5.41, 5.74) is 9.53. The fourth-order valence-electron chi connectivity index (χ4n) is 6.78. The number of H-pyrrole nitrogens is 1. The third-order valence-electron chi connectivity index (χ3n) is 8.90. The summed E-state index contributed by atoms with van der Waals surface area (Å²) in [7, 11) is -10.6. The first-order valence-electron chi connectivity index (χ1n) is 13.7. The van der Waals surface area contributed by atoms with Gasteiger partial charge in [-0.2, -0.15) is 4.98 Å². The van der Waals surface area contributed by atoms with Gasteiger partial charge in [-0.15, -0.1) is 0 Å². The van der Waals surface area contributed by atoms with Gasteiger partial charge in [0.05, 0.1) is 31.9 Å². The minimum Gasteiger partial charge on any atom is -0.756 e. The number of aromatic nitrogens is 8. The van der Waals surface area contributed by atoms with E-state index in [-0.39, 0.29) is 99.6 Å². The van der Waals surface area contributed by atoms with Crippen LogP contribution in [0.25, 0.3) is 22.3 Å². The van der Waals surface area contributed by atoms with Crippen LogP contribution in [0.1, 0.15) is 18.7 Å². The van der Waals surface area contributed by atoms with Gasteiger partial charge in [-0.3, -0.25) is 23.5 Å². The molecule has 26 heteroatoms. The molecule has 2 aliphatic heterocycles. The molecule has 246 valence electrons. The Kier molecular flexibility index (Phi) is 9.59. The van der Waals surface area contributed by atoms with Crippen LogP contribution in [0.3, 0.4) is 0 Å². The van der Waals surface area contributed by atoms with Crippen LogP contribution in [0.5, 0.6) is 0 Å². The molecule has 2 saturated carbocycles. The Labute approximate surface area is 311 Å². The SMILES string of the molecule is Nc1nc2c(ncn2[C@H]2[C@H](O)[C@@H]3OP(=O)([O-])OC[C@H]4O[C@@H](n5cnc6c(N)ncnc65)[C@H](F)[C@@H]4OP(=O)([O-])OCC34C[C@H]24)c(=O)[nH]1.[Na+].[Na+]. The largest absolute Gasteiger partial charge is 1.00 e. The fraction of sp³-hybridized carbons (Fsp3) is 0.545. The number of aliphatic hydroxyl groups is 1. The van der Waals surface area contributed by atoms with Crippen molar-refractivity contribution in [3.05, 3.63) is 29.3 Å². The van der Waals surface area contributed by atoms with Gasteiger partial charge in [0.1, 0.15) is 36.3 Å². The molecule has 1 spiro atoms. The van der Waals surface area contributed by atoms with Gasteiger partial charge in [-0.1, -0.05) is 0 Å². The van der Waals surface area contributed by atoms with Crippen molar-refractivity contribution in [1.82, 2.24) is 39.0 Å². The number of rotatable bonds is 2. The Hall–Kier alpha value is -1.43. The molecule has 0 amide bonds. The molecule has 4 fully saturated rings. The minimum absolute atomic E-state index is 0. The Bertz CT molecular complexity index is 2060. The normalized spacial score (nSPS) is 39.3. The van der Waals surface area contributed by atoms with Crippen molar-refractivity contribution >= 4 is 49.7 Å². The van der Waals surface area contributed by atoms with E-state index in [4.69, 9.17) is 34.3 Å². The van der Waals surface area contributed by atoms with Crippen LogP contribution in [-0.4, -0.2) is 87.9 Å². The van der Waals surface area contributed by atoms with Gasteiger partial charge in [-0.25, -0.2) is 24.3 Å². The van der Waals surface area contributed by atoms with Gasteiger partial charge in [0.25, 0.3) is 21.2 Å². The Morgan fingerprint density at radius 2 is 1.73 bits per heavy atom. The van der Waals surface area contributed by atoms with Crippen LogP contribution in [0, 0.1) is 11.3 Å². The zero-order chi connectivity index (χ0) is 32.3. The molecule has 11 atom stereocenters. The number of hydrogen-bond acceptors (Lipinski definition) is 18. The number of nitrogens with two attached hydrogens (primary N) is 2. The monoisotopic (exact) mass is 730 g/mol. The summed E-state index contributed by atoms with van der Waals surface area (Å²) in [5, 5.41) is 11.4. The Morgan fingerprint density at radius 1 is 1.02 bits per heavy atom. The van der Waals surface area contributed by atoms with E-state index in [2.05, 4.69) is 29.9 Å². The number of phosphoric ester groups is 2. The van der Waals surface area contributed by atoms with E-state index in [0.717, 1.165) is 17.2 Å². The molecule has 6 N–H and O–H groups in total. The molecule has 21 nitrogen and oxygen atoms in total. The van der Waals surface area contributed by atoms with Gasteiger partial charge in [0.2, 0.25) is 5.95 Å². The fourth-order valence-corrected chi connectivity index (χ4v) is 8.79. The first kappa shape index (κ1) is 36.4. The van der Waals surface area contributed by atoms with Crippen LogP contribution in [0.2, 0.25) is 0 Å². The average molecular weight is 730 g/mol. The van der Waals surface area contributed by atoms with E-state index >= 15 is 4.39 Å². The number of aliphatic hydroxyl groups excluding tert-OH is 1. The molecule has 2 aliphatic carbocycles. The number of nitrogens with one attached hydrogen (secondary N) is 1. The predicted molar refractivity (Wildman–Crippen MR) is 144 cm³/mol. The summed E-state index contributed by atoms with van der Waals surface area (Å²) in [5.74, 6) is -0.891. The van der Waals surface area contributed by atoms with Gasteiger partial charge in [0.15, 0.2) is 35.0 Å². The first-order chi connectivity index (χ1) is 21.8. The van der Waals surface area contributed by atoms with Crippen molar-refractivity contribution in [2.75, 3.05) is 24.7 Å². The summed E-state index contributed by atoms with van der Waals surface area (Å²) in [6.45, 7) is -1.65. The maximum absolute atomic E-state index is 15.9. The van der Waals surface area contributed by atoms with Gasteiger partial charge < -0.3 is 53.8 Å². The van der Waals surface area contributed by atoms with E-state index in [1.807, 2.05) is 0 Å². The molecule has 6 heterocycles. The third-order valence-corrected chi connectivity index (χ3v) is 10.8. The molecule has 2 saturated heterocycles. The topological polar surface area (TPSA) is 306 Å². The van der Waals surface area contributed by atoms with Crippen LogP contribution in [0.4, 0.5) is 16.2 Å². The number of alkyl halides is 1. The maximum Gasteiger partial charge on any atom is 1.00 e. The Balaban J connectivity index is 0.00000201. The molecule has 4 aromatic rings. The van der Waals surface area contributed by atoms with Crippen molar-refractivity contribution in [1.29, 1.82) is 0 Å². The summed E-state index contributed by atoms with van der Waals surface area (Å²) in [6.07, 6.45) is -6.98. The number of anilines is 2. The number of nitrogens with zero attached hydrogens (tertiary/aromatic N) is 7. The van der Waals surface area contributed by atoms with Crippen molar-refractivity contribution < 1.29 is 110 Å². The molecule has 0 bridgehead atoms. The molecular formula is C22H23FN10Na2O11P2. The van der Waals surface area contributed by atoms with E-state index in [0.29, 0.717) is 0 Å². The second-order valence-electron chi connectivity index (χ2n) is 11.5. The number of halogens is 1. The second-order valence-corrected chi connectivity index (χ2v) is 14.2. The second kappa shape index (κ2) is 12.7. The number of nitrogen functional groups attached to an aromatic ring is 2. The molecule has 0 aromatic carbocycles. The standard InChI is InChI=1S/C22H25FN10O11P2.2Na/c23-9-14-8(42-20(9)33-6-28-10-16(24)26-4-27-17(10)33)2-40-45(36,37)44-15-13(34)12(7-1-22(7,15)3-41-46(38,39)43-14)32-5-29-11-18(32)30-21(25)31-19(11)35;;/h4-9,12-15,20,34H,1-3H2,(H,36,37)(H,38,39)(H2,24,26,27)(H3,25,30,31,35);;/q;2*+1/p-2/t7-,8-,9-,12-,13+,14-,15+,20-,22?;;/m1../s1. The molecular weight excluding hydrogens is 707 g/mol. The summed E-state index contributed by atoms with van der Waals surface area (Å²) >= 11 is 0. The molecule has 8 rings (SSSR count). The quantitative estimate of drug-likeness (QED) is 0.110. The first-order valence-corrected chi connectivity index (χ1v) is 16.6. The Morgan fingerprint density at radius 3 is 2.50 bits per heavy atom. The minimum atomic E-state index is -5.33. The van der Waals surface area contributed by atoms with Crippen LogP contribution in [0.15, 0.2) is 23.8 Å². The van der Waals surface area contributed by atoms with Crippen LogP contribution >= 0.6 is 15.6 Å². The van der Waals surface area contributed by atoms with Crippen LogP contribution < -0.4 is 85.9 Å². The van der Waals surface area contributed by atoms with Crippen molar-refractivity contribution in [3.8, 4) is 0 Å². The summed E-state index contributed by atoms with van der Waals surface area (Å²) in [6, 6.07) is -0.995. The van der Waals surface area contributed by atoms with Crippen molar-refractivity contribution in [2.45, 2.75) is 49.3 Å². The summed E-state index contributed by atoms with van der Waals surface area (Å²) in [4.78, 5) is 60.9. The number of imidazole rings is 2.